The van der Waals surface area contributed by atoms with Gasteiger partial charge in [-0.05, 0) is 55.7 Å². The highest BCUT2D eigenvalue weighted by Gasteiger charge is 2.38. The van der Waals surface area contributed by atoms with Gasteiger partial charge in [0.2, 0.25) is 5.91 Å². The third-order valence-electron chi connectivity index (χ3n) is 7.86. The second kappa shape index (κ2) is 8.81. The number of benzene rings is 1. The Hall–Kier alpha value is -3.29. The number of amides is 1. The number of hydrogen-bond donors (Lipinski definition) is 0. The molecule has 0 spiro atoms. The van der Waals surface area contributed by atoms with E-state index in [1.807, 2.05) is 36.1 Å². The van der Waals surface area contributed by atoms with Crippen LogP contribution in [0.25, 0.3) is 0 Å². The maximum atomic E-state index is 13.4. The van der Waals surface area contributed by atoms with E-state index in [1.165, 1.54) is 10.6 Å². The van der Waals surface area contributed by atoms with Crippen molar-refractivity contribution >= 4 is 17.4 Å². The number of Topliss-reactive ketones (excluding diaryl/α,β-unsaturated/α-hetero) is 1. The van der Waals surface area contributed by atoms with Crippen LogP contribution in [0.15, 0.2) is 41.2 Å². The van der Waals surface area contributed by atoms with E-state index in [1.54, 1.807) is 6.07 Å². The monoisotopic (exact) mass is 463 g/mol. The summed E-state index contributed by atoms with van der Waals surface area (Å²) in [7, 11) is 0. The fraction of sp³-hybridized carbons (Fsp3) is 0.500. The molecule has 1 saturated heterocycles. The fourth-order valence-electron chi connectivity index (χ4n) is 6.00. The second-order valence-corrected chi connectivity index (χ2v) is 10.1. The first kappa shape index (κ1) is 22.5. The molecule has 2 bridgehead atoms. The highest BCUT2D eigenvalue weighted by atomic mass is 16.6. The lowest BCUT2D eigenvalue weighted by atomic mass is 9.82. The largest absolute Gasteiger partial charge is 0.341 e. The third kappa shape index (κ3) is 4.06. The Morgan fingerprint density at radius 1 is 1.12 bits per heavy atom. The van der Waals surface area contributed by atoms with Crippen LogP contribution in [0, 0.1) is 22.0 Å². The summed E-state index contributed by atoms with van der Waals surface area (Å²) in [5.41, 5.74) is 1.92. The minimum absolute atomic E-state index is 0.00322. The molecule has 1 amide bonds. The van der Waals surface area contributed by atoms with Crippen LogP contribution in [0.3, 0.4) is 0 Å². The van der Waals surface area contributed by atoms with E-state index in [0.717, 1.165) is 42.5 Å². The number of nitro groups is 1. The SMILES string of the molecule is C[C@@H](C(=O)N1C[C@@H]2C[C@H](C1)c1ccc([N+](=O)[O-])c(=O)n1C2)c1ccc(C[C@@H]2CCCC2=O)cc1. The molecule has 2 fully saturated rings. The molecule has 3 heterocycles. The lowest BCUT2D eigenvalue weighted by molar-refractivity contribution is -0.386. The zero-order valence-electron chi connectivity index (χ0n) is 19.3. The zero-order chi connectivity index (χ0) is 24.0. The standard InChI is InChI=1S/C26H29N3O5/c1-16(19-7-5-17(6-8-19)11-20-3-2-4-24(20)30)25(31)27-13-18-12-21(15-27)22-9-10-23(29(33)34)26(32)28(22)14-18/h5-10,16,18,20-21H,2-4,11-15H2,1H3/t16-,18+,20+,21-/m1/s1. The Labute approximate surface area is 197 Å². The van der Waals surface area contributed by atoms with E-state index in [9.17, 15) is 24.5 Å². The van der Waals surface area contributed by atoms with Gasteiger partial charge in [-0.3, -0.25) is 24.5 Å². The summed E-state index contributed by atoms with van der Waals surface area (Å²) in [5, 5.41) is 11.2. The quantitative estimate of drug-likeness (QED) is 0.499. The van der Waals surface area contributed by atoms with Crippen molar-refractivity contribution in [2.24, 2.45) is 11.8 Å². The average Bonchev–Trinajstić information content (AvgIpc) is 3.23. The van der Waals surface area contributed by atoms with Crippen molar-refractivity contribution in [3.8, 4) is 0 Å². The predicted molar refractivity (Wildman–Crippen MR) is 126 cm³/mol. The molecule has 1 aromatic carbocycles. The lowest BCUT2D eigenvalue weighted by Crippen LogP contribution is -2.50. The molecule has 2 aliphatic heterocycles. The predicted octanol–water partition coefficient (Wildman–Crippen LogP) is 3.42. The van der Waals surface area contributed by atoms with Crippen molar-refractivity contribution in [1.82, 2.24) is 9.47 Å². The number of fused-ring (bicyclic) bond motifs is 4. The van der Waals surface area contributed by atoms with Crippen LogP contribution >= 0.6 is 0 Å². The van der Waals surface area contributed by atoms with Crippen molar-refractivity contribution in [3.05, 3.63) is 73.7 Å². The highest BCUT2D eigenvalue weighted by molar-refractivity contribution is 5.84. The van der Waals surface area contributed by atoms with Gasteiger partial charge in [0.1, 0.15) is 5.78 Å². The molecule has 8 heteroatoms. The van der Waals surface area contributed by atoms with Gasteiger partial charge in [0.25, 0.3) is 0 Å². The second-order valence-electron chi connectivity index (χ2n) is 10.1. The van der Waals surface area contributed by atoms with Gasteiger partial charge in [-0.2, -0.15) is 0 Å². The minimum Gasteiger partial charge on any atom is -0.341 e. The Balaban J connectivity index is 1.29. The fourth-order valence-corrected chi connectivity index (χ4v) is 6.00. The van der Waals surface area contributed by atoms with Gasteiger partial charge in [-0.15, -0.1) is 0 Å². The molecule has 8 nitrogen and oxygen atoms in total. The summed E-state index contributed by atoms with van der Waals surface area (Å²) >= 11 is 0. The van der Waals surface area contributed by atoms with Crippen LogP contribution in [0.5, 0.6) is 0 Å². The first-order chi connectivity index (χ1) is 16.3. The normalized spacial score (nSPS) is 24.6. The topological polar surface area (TPSA) is 103 Å². The Morgan fingerprint density at radius 2 is 1.88 bits per heavy atom. The zero-order valence-corrected chi connectivity index (χ0v) is 19.3. The summed E-state index contributed by atoms with van der Waals surface area (Å²) in [5.74, 6) is 0.374. The molecule has 4 atom stereocenters. The molecule has 5 rings (SSSR count). The van der Waals surface area contributed by atoms with E-state index in [2.05, 4.69) is 0 Å². The molecule has 34 heavy (non-hydrogen) atoms. The summed E-state index contributed by atoms with van der Waals surface area (Å²) in [6.45, 7) is 3.39. The number of piperidine rings is 1. The molecule has 0 radical (unpaired) electrons. The van der Waals surface area contributed by atoms with Crippen molar-refractivity contribution in [2.45, 2.75) is 57.4 Å². The van der Waals surface area contributed by atoms with Gasteiger partial charge in [-0.25, -0.2) is 0 Å². The molecule has 3 aliphatic rings. The Morgan fingerprint density at radius 3 is 2.56 bits per heavy atom. The van der Waals surface area contributed by atoms with Crippen LogP contribution in [-0.4, -0.2) is 39.2 Å². The molecule has 1 aliphatic carbocycles. The van der Waals surface area contributed by atoms with Crippen LogP contribution < -0.4 is 5.56 Å². The van der Waals surface area contributed by atoms with Gasteiger partial charge in [0, 0.05) is 49.7 Å². The summed E-state index contributed by atoms with van der Waals surface area (Å²) < 4.78 is 1.54. The number of aromatic nitrogens is 1. The number of hydrogen-bond acceptors (Lipinski definition) is 5. The molecular weight excluding hydrogens is 434 g/mol. The van der Waals surface area contributed by atoms with Gasteiger partial charge in [0.05, 0.1) is 10.8 Å². The number of ketones is 1. The number of nitrogens with zero attached hydrogens (tertiary/aromatic N) is 3. The van der Waals surface area contributed by atoms with Crippen LogP contribution in [0.1, 0.15) is 61.3 Å². The lowest BCUT2D eigenvalue weighted by Gasteiger charge is -2.43. The molecule has 0 N–H and O–H groups in total. The van der Waals surface area contributed by atoms with Gasteiger partial charge in [0.15, 0.2) is 0 Å². The molecule has 1 aromatic heterocycles. The van der Waals surface area contributed by atoms with E-state index >= 15 is 0 Å². The molecule has 2 aromatic rings. The maximum absolute atomic E-state index is 13.4. The van der Waals surface area contributed by atoms with Crippen LogP contribution in [-0.2, 0) is 22.6 Å². The molecule has 178 valence electrons. The third-order valence-corrected chi connectivity index (χ3v) is 7.86. The minimum atomic E-state index is -0.631. The van der Waals surface area contributed by atoms with E-state index < -0.39 is 16.2 Å². The summed E-state index contributed by atoms with van der Waals surface area (Å²) in [6.07, 6.45) is 4.30. The van der Waals surface area contributed by atoms with Crippen molar-refractivity contribution in [1.29, 1.82) is 0 Å². The Kier molecular flexibility index (Phi) is 5.83. The van der Waals surface area contributed by atoms with Crippen molar-refractivity contribution in [3.63, 3.8) is 0 Å². The number of rotatable bonds is 5. The van der Waals surface area contributed by atoms with E-state index in [0.29, 0.717) is 31.8 Å². The Bertz CT molecular complexity index is 1200. The van der Waals surface area contributed by atoms with Gasteiger partial charge in [-0.1, -0.05) is 24.3 Å². The number of carbonyl (C=O) groups is 2. The van der Waals surface area contributed by atoms with Crippen LogP contribution in [0.2, 0.25) is 0 Å². The number of likely N-dealkylation sites (tertiary alicyclic amines) is 1. The maximum Gasteiger partial charge on any atom is 0.334 e. The van der Waals surface area contributed by atoms with E-state index in [-0.39, 0.29) is 29.6 Å². The molecule has 0 unspecified atom stereocenters. The van der Waals surface area contributed by atoms with Gasteiger partial charge < -0.3 is 9.47 Å². The summed E-state index contributed by atoms with van der Waals surface area (Å²) in [4.78, 5) is 50.3. The molecule has 1 saturated carbocycles. The summed E-state index contributed by atoms with van der Waals surface area (Å²) in [6, 6.07) is 11.0. The molecular formula is C26H29N3O5. The first-order valence-electron chi connectivity index (χ1n) is 12.1. The average molecular weight is 464 g/mol. The van der Waals surface area contributed by atoms with Crippen molar-refractivity contribution < 1.29 is 14.5 Å². The number of pyridine rings is 1. The van der Waals surface area contributed by atoms with Crippen LogP contribution in [0.4, 0.5) is 5.69 Å². The smallest absolute Gasteiger partial charge is 0.334 e. The highest BCUT2D eigenvalue weighted by Crippen LogP contribution is 2.37. The van der Waals surface area contributed by atoms with E-state index in [4.69, 9.17) is 0 Å². The first-order valence-corrected chi connectivity index (χ1v) is 12.1. The number of carbonyl (C=O) groups excluding carboxylic acids is 2. The van der Waals surface area contributed by atoms with Gasteiger partial charge >= 0.3 is 11.2 Å². The van der Waals surface area contributed by atoms with Crippen molar-refractivity contribution in [2.75, 3.05) is 13.1 Å².